The molecule has 1 atom stereocenters. The summed E-state index contributed by atoms with van der Waals surface area (Å²) in [6, 6.07) is 0.759. The van der Waals surface area contributed by atoms with E-state index in [2.05, 4.69) is 43.7 Å². The molecule has 1 heteroatoms. The van der Waals surface area contributed by atoms with Crippen molar-refractivity contribution in [2.24, 2.45) is 0 Å². The molecule has 0 bridgehead atoms. The van der Waals surface area contributed by atoms with Crippen LogP contribution in [-0.2, 0) is 0 Å². The van der Waals surface area contributed by atoms with Crippen molar-refractivity contribution in [2.45, 2.75) is 45.6 Å². The van der Waals surface area contributed by atoms with Gasteiger partial charge in [0.25, 0.3) is 0 Å². The lowest BCUT2D eigenvalue weighted by molar-refractivity contribution is 0.332. The van der Waals surface area contributed by atoms with Gasteiger partial charge in [-0.25, -0.2) is 0 Å². The Morgan fingerprint density at radius 3 is 3.00 bits per heavy atom. The molecule has 1 heterocycles. The molecule has 0 aliphatic carbocycles. The Morgan fingerprint density at radius 1 is 1.53 bits per heavy atom. The summed E-state index contributed by atoms with van der Waals surface area (Å²) in [4.78, 5) is 2.49. The summed E-state index contributed by atoms with van der Waals surface area (Å²) < 4.78 is 0. The molecule has 0 saturated carbocycles. The maximum atomic E-state index is 3.73. The molecule has 1 aliphatic heterocycles. The Hall–Kier alpha value is -0.980. The minimum atomic E-state index is 0.759. The molecule has 0 N–H and O–H groups in total. The summed E-state index contributed by atoms with van der Waals surface area (Å²) in [5, 5.41) is 0. The summed E-state index contributed by atoms with van der Waals surface area (Å²) in [7, 11) is 0. The molecule has 1 aliphatic rings. The highest BCUT2D eigenvalue weighted by Gasteiger charge is 2.20. The van der Waals surface area contributed by atoms with E-state index in [0.717, 1.165) is 6.04 Å². The van der Waals surface area contributed by atoms with Crippen molar-refractivity contribution < 1.29 is 0 Å². The molecule has 1 unspecified atom stereocenters. The normalized spacial score (nSPS) is 22.7. The van der Waals surface area contributed by atoms with E-state index >= 15 is 0 Å². The van der Waals surface area contributed by atoms with Crippen LogP contribution in [0.4, 0.5) is 0 Å². The molecule has 0 aromatic rings. The molecular formula is C14H23N. The Kier molecular flexibility index (Phi) is 5.23. The van der Waals surface area contributed by atoms with Crippen molar-refractivity contribution in [3.05, 3.63) is 36.6 Å². The highest BCUT2D eigenvalue weighted by Crippen LogP contribution is 2.23. The van der Waals surface area contributed by atoms with E-state index in [1.165, 1.54) is 37.8 Å². The third kappa shape index (κ3) is 3.94. The zero-order chi connectivity index (χ0) is 11.1. The van der Waals surface area contributed by atoms with Gasteiger partial charge in [-0.05, 0) is 45.7 Å². The monoisotopic (exact) mass is 205 g/mol. The Bertz CT molecular complexity index is 250. The van der Waals surface area contributed by atoms with Crippen molar-refractivity contribution in [2.75, 3.05) is 6.54 Å². The van der Waals surface area contributed by atoms with E-state index in [1.54, 1.807) is 0 Å². The van der Waals surface area contributed by atoms with Crippen LogP contribution in [-0.4, -0.2) is 17.5 Å². The predicted octanol–water partition coefficient (Wildman–Crippen LogP) is 3.90. The summed E-state index contributed by atoms with van der Waals surface area (Å²) in [5.41, 5.74) is 1.44. The minimum Gasteiger partial charge on any atom is -0.375 e. The van der Waals surface area contributed by atoms with Gasteiger partial charge in [0, 0.05) is 12.6 Å². The number of likely N-dealkylation sites (tertiary alicyclic amines) is 1. The number of hydrogen-bond donors (Lipinski definition) is 0. The molecule has 1 fully saturated rings. The maximum Gasteiger partial charge on any atom is 0.0287 e. The maximum absolute atomic E-state index is 3.73. The van der Waals surface area contributed by atoms with Crippen LogP contribution >= 0.6 is 0 Å². The van der Waals surface area contributed by atoms with Crippen molar-refractivity contribution in [3.8, 4) is 0 Å². The molecule has 1 saturated heterocycles. The average molecular weight is 205 g/mol. The zero-order valence-corrected chi connectivity index (χ0v) is 10.1. The van der Waals surface area contributed by atoms with Gasteiger partial charge < -0.3 is 4.90 Å². The lowest BCUT2D eigenvalue weighted by atomic mass is 10.0. The lowest BCUT2D eigenvalue weighted by Crippen LogP contribution is -2.23. The van der Waals surface area contributed by atoms with Crippen LogP contribution in [0.25, 0.3) is 0 Å². The van der Waals surface area contributed by atoms with Crippen molar-refractivity contribution in [1.82, 2.24) is 4.90 Å². The fourth-order valence-corrected chi connectivity index (χ4v) is 2.23. The largest absolute Gasteiger partial charge is 0.375 e. The summed E-state index contributed by atoms with van der Waals surface area (Å²) in [6.07, 6.45) is 13.6. The molecule has 1 nitrogen and oxygen atoms in total. The van der Waals surface area contributed by atoms with Crippen LogP contribution in [0, 0.1) is 0 Å². The van der Waals surface area contributed by atoms with E-state index in [-0.39, 0.29) is 0 Å². The first-order valence-corrected chi connectivity index (χ1v) is 5.94. The molecule has 0 radical (unpaired) electrons. The predicted molar refractivity (Wildman–Crippen MR) is 67.7 cm³/mol. The molecule has 84 valence electrons. The van der Waals surface area contributed by atoms with Crippen LogP contribution in [0.2, 0.25) is 0 Å². The van der Waals surface area contributed by atoms with Crippen LogP contribution in [0.15, 0.2) is 36.6 Å². The average Bonchev–Trinajstić information content (AvgIpc) is 2.64. The third-order valence-corrected chi connectivity index (χ3v) is 3.04. The molecule has 15 heavy (non-hydrogen) atoms. The molecule has 0 spiro atoms. The van der Waals surface area contributed by atoms with Gasteiger partial charge in [-0.2, -0.15) is 0 Å². The first-order chi connectivity index (χ1) is 7.27. The highest BCUT2D eigenvalue weighted by molar-refractivity contribution is 5.08. The van der Waals surface area contributed by atoms with Crippen molar-refractivity contribution >= 4 is 0 Å². The number of nitrogens with zero attached hydrogens (tertiary/aromatic N) is 1. The third-order valence-electron chi connectivity index (χ3n) is 3.04. The summed E-state index contributed by atoms with van der Waals surface area (Å²) >= 11 is 0. The Balaban J connectivity index is 2.37. The van der Waals surface area contributed by atoms with Crippen LogP contribution in [0.5, 0.6) is 0 Å². The zero-order valence-electron chi connectivity index (χ0n) is 10.1. The molecular weight excluding hydrogens is 182 g/mol. The van der Waals surface area contributed by atoms with Gasteiger partial charge in [0.1, 0.15) is 0 Å². The van der Waals surface area contributed by atoms with E-state index in [9.17, 15) is 0 Å². The fraction of sp³-hybridized carbons (Fsp3) is 0.571. The van der Waals surface area contributed by atoms with E-state index in [1.807, 2.05) is 6.08 Å². The Labute approximate surface area is 94.2 Å². The second kappa shape index (κ2) is 6.49. The van der Waals surface area contributed by atoms with Gasteiger partial charge in [0.2, 0.25) is 0 Å². The van der Waals surface area contributed by atoms with Gasteiger partial charge in [0.05, 0.1) is 0 Å². The Morgan fingerprint density at radius 2 is 2.33 bits per heavy atom. The van der Waals surface area contributed by atoms with E-state index in [4.69, 9.17) is 0 Å². The van der Waals surface area contributed by atoms with Gasteiger partial charge in [-0.3, -0.25) is 0 Å². The number of allylic oxidation sites excluding steroid dienone is 4. The quantitative estimate of drug-likeness (QED) is 0.615. The molecule has 1 rings (SSSR count). The van der Waals surface area contributed by atoms with Crippen LogP contribution < -0.4 is 0 Å². The number of hydrogen-bond acceptors (Lipinski definition) is 1. The minimum absolute atomic E-state index is 0.759. The first kappa shape index (κ1) is 12.1. The van der Waals surface area contributed by atoms with E-state index in [0.29, 0.717) is 0 Å². The second-order valence-electron chi connectivity index (χ2n) is 4.30. The fourth-order valence-electron chi connectivity index (χ4n) is 2.23. The van der Waals surface area contributed by atoms with Gasteiger partial charge in [-0.1, -0.05) is 30.4 Å². The van der Waals surface area contributed by atoms with Gasteiger partial charge >= 0.3 is 0 Å². The lowest BCUT2D eigenvalue weighted by Gasteiger charge is -2.22. The smallest absolute Gasteiger partial charge is 0.0287 e. The topological polar surface area (TPSA) is 3.24 Å². The van der Waals surface area contributed by atoms with Crippen LogP contribution in [0.3, 0.4) is 0 Å². The summed E-state index contributed by atoms with van der Waals surface area (Å²) in [6.45, 7) is 9.25. The van der Waals surface area contributed by atoms with Crippen LogP contribution in [0.1, 0.15) is 39.5 Å². The number of rotatable bonds is 5. The second-order valence-corrected chi connectivity index (χ2v) is 4.30. The first-order valence-electron chi connectivity index (χ1n) is 5.94. The van der Waals surface area contributed by atoms with Crippen molar-refractivity contribution in [3.63, 3.8) is 0 Å². The highest BCUT2D eigenvalue weighted by atomic mass is 15.2. The van der Waals surface area contributed by atoms with Crippen molar-refractivity contribution in [1.29, 1.82) is 0 Å². The van der Waals surface area contributed by atoms with Gasteiger partial charge in [0.15, 0.2) is 0 Å². The molecule has 0 aromatic carbocycles. The van der Waals surface area contributed by atoms with E-state index < -0.39 is 0 Å². The molecule has 0 aromatic heterocycles. The molecule has 0 amide bonds. The SMILES string of the molecule is C=C/C=C(/C)CCC1CCCN1/C=C\C. The standard InChI is InChI=1S/C14H23N/c1-4-7-13(3)9-10-14-8-6-12-15(14)11-5-2/h4-5,7,11,14H,1,6,8-10,12H2,2-3H3/b11-5-,13-7-. The van der Waals surface area contributed by atoms with Gasteiger partial charge in [-0.15, -0.1) is 0 Å². The summed E-state index contributed by atoms with van der Waals surface area (Å²) in [5.74, 6) is 0.